The predicted octanol–water partition coefficient (Wildman–Crippen LogP) is 2.92. The van der Waals surface area contributed by atoms with Crippen molar-refractivity contribution in [2.75, 3.05) is 18.4 Å². The van der Waals surface area contributed by atoms with Gasteiger partial charge in [0.15, 0.2) is 0 Å². The van der Waals surface area contributed by atoms with Gasteiger partial charge in [0.2, 0.25) is 11.0 Å². The summed E-state index contributed by atoms with van der Waals surface area (Å²) in [5.41, 5.74) is 4.47. The molecular formula is C19H23ClN6OS. The maximum absolute atomic E-state index is 12.8. The largest absolute Gasteiger partial charge is 0.315 e. The Morgan fingerprint density at radius 2 is 1.96 bits per heavy atom. The third-order valence-electron chi connectivity index (χ3n) is 4.83. The van der Waals surface area contributed by atoms with Gasteiger partial charge in [0.05, 0.1) is 12.1 Å². The summed E-state index contributed by atoms with van der Waals surface area (Å²) < 4.78 is 1.77. The summed E-state index contributed by atoms with van der Waals surface area (Å²) in [4.78, 5) is 12.8. The monoisotopic (exact) mass is 418 g/mol. The van der Waals surface area contributed by atoms with E-state index in [2.05, 4.69) is 58.0 Å². The van der Waals surface area contributed by atoms with E-state index < -0.39 is 0 Å². The number of nitrogens with one attached hydrogen (secondary N) is 2. The number of nitrogens with zero attached hydrogens (tertiary/aromatic N) is 4. The van der Waals surface area contributed by atoms with Crippen molar-refractivity contribution in [3.63, 3.8) is 0 Å². The molecule has 1 fully saturated rings. The quantitative estimate of drug-likeness (QED) is 0.680. The van der Waals surface area contributed by atoms with Crippen LogP contribution in [-0.4, -0.2) is 39.0 Å². The second-order valence-electron chi connectivity index (χ2n) is 7.10. The van der Waals surface area contributed by atoms with Crippen molar-refractivity contribution < 1.29 is 4.79 Å². The Labute approximate surface area is 174 Å². The molecule has 0 bridgehead atoms. The van der Waals surface area contributed by atoms with Gasteiger partial charge in [-0.2, -0.15) is 5.10 Å². The van der Waals surface area contributed by atoms with E-state index in [1.165, 1.54) is 22.5 Å². The van der Waals surface area contributed by atoms with Crippen molar-refractivity contribution in [3.8, 4) is 10.6 Å². The van der Waals surface area contributed by atoms with Crippen molar-refractivity contribution in [3.05, 3.63) is 47.3 Å². The summed E-state index contributed by atoms with van der Waals surface area (Å²) in [6.07, 6.45) is 3.81. The van der Waals surface area contributed by atoms with Gasteiger partial charge in [-0.25, -0.2) is 0 Å². The molecule has 1 saturated heterocycles. The summed E-state index contributed by atoms with van der Waals surface area (Å²) in [6, 6.07) is 6.29. The third kappa shape index (κ3) is 4.24. The lowest BCUT2D eigenvalue weighted by Crippen LogP contribution is -2.28. The Balaban J connectivity index is 0.00000225. The normalized spacial score (nSPS) is 18.7. The number of halogens is 1. The van der Waals surface area contributed by atoms with Crippen LogP contribution in [0.25, 0.3) is 10.6 Å². The molecule has 4 rings (SSSR count). The molecule has 3 aromatic rings. The number of aromatic nitrogens is 4. The van der Waals surface area contributed by atoms with Gasteiger partial charge in [0.25, 0.3) is 0 Å². The van der Waals surface area contributed by atoms with E-state index in [0.717, 1.165) is 22.7 Å². The molecule has 3 heterocycles. The maximum Gasteiger partial charge on any atom is 0.231 e. The molecule has 2 N–H and O–H groups in total. The second kappa shape index (κ2) is 8.38. The SMILES string of the molecule is Cc1cc(C)cc(-c2nnc(NC(=O)[C@H]3CNC[C@@H]3c3cnn(C)c3)s2)c1.Cl. The van der Waals surface area contributed by atoms with Crippen molar-refractivity contribution in [1.82, 2.24) is 25.3 Å². The Kier molecular flexibility index (Phi) is 6.12. The first-order valence-corrected chi connectivity index (χ1v) is 9.73. The lowest BCUT2D eigenvalue weighted by Gasteiger charge is -2.15. The molecule has 0 spiro atoms. The number of hydrogen-bond acceptors (Lipinski definition) is 6. The molecule has 0 aliphatic carbocycles. The molecular weight excluding hydrogens is 396 g/mol. The molecule has 2 atom stereocenters. The van der Waals surface area contributed by atoms with Crippen LogP contribution in [0.2, 0.25) is 0 Å². The Hall–Kier alpha value is -2.29. The van der Waals surface area contributed by atoms with Crippen LogP contribution in [0.1, 0.15) is 22.6 Å². The summed E-state index contributed by atoms with van der Waals surface area (Å²) in [5.74, 6) is -0.0646. The molecule has 0 unspecified atom stereocenters. The van der Waals surface area contributed by atoms with Crippen molar-refractivity contribution in [2.24, 2.45) is 13.0 Å². The van der Waals surface area contributed by atoms with Gasteiger partial charge in [-0.1, -0.05) is 28.5 Å². The average molecular weight is 419 g/mol. The van der Waals surface area contributed by atoms with Crippen molar-refractivity contribution in [1.29, 1.82) is 0 Å². The van der Waals surface area contributed by atoms with E-state index >= 15 is 0 Å². The second-order valence-corrected chi connectivity index (χ2v) is 8.07. The van der Waals surface area contributed by atoms with Gasteiger partial charge >= 0.3 is 0 Å². The molecule has 9 heteroatoms. The average Bonchev–Trinajstić information content (AvgIpc) is 3.33. The van der Waals surface area contributed by atoms with E-state index in [1.807, 2.05) is 19.4 Å². The van der Waals surface area contributed by atoms with E-state index in [4.69, 9.17) is 0 Å². The van der Waals surface area contributed by atoms with E-state index in [1.54, 1.807) is 4.68 Å². The van der Waals surface area contributed by atoms with Gasteiger partial charge in [-0.05, 0) is 31.5 Å². The Morgan fingerprint density at radius 1 is 1.21 bits per heavy atom. The number of benzene rings is 1. The van der Waals surface area contributed by atoms with E-state index in [9.17, 15) is 4.79 Å². The zero-order valence-electron chi connectivity index (χ0n) is 16.0. The minimum Gasteiger partial charge on any atom is -0.315 e. The highest BCUT2D eigenvalue weighted by atomic mass is 35.5. The fourth-order valence-corrected chi connectivity index (χ4v) is 4.36. The lowest BCUT2D eigenvalue weighted by atomic mass is 9.90. The van der Waals surface area contributed by atoms with Crippen LogP contribution in [0.4, 0.5) is 5.13 Å². The highest BCUT2D eigenvalue weighted by Gasteiger charge is 2.35. The molecule has 2 aromatic heterocycles. The smallest absolute Gasteiger partial charge is 0.231 e. The number of amides is 1. The molecule has 0 radical (unpaired) electrons. The highest BCUT2D eigenvalue weighted by molar-refractivity contribution is 7.18. The number of hydrogen-bond donors (Lipinski definition) is 2. The summed E-state index contributed by atoms with van der Waals surface area (Å²) in [7, 11) is 1.89. The topological polar surface area (TPSA) is 84.7 Å². The van der Waals surface area contributed by atoms with Crippen LogP contribution in [0.15, 0.2) is 30.6 Å². The minimum absolute atomic E-state index is 0. The van der Waals surface area contributed by atoms with Gasteiger partial charge in [0.1, 0.15) is 5.01 Å². The first-order valence-electron chi connectivity index (χ1n) is 8.92. The molecule has 1 aliphatic rings. The molecule has 1 aromatic carbocycles. The number of anilines is 1. The zero-order chi connectivity index (χ0) is 19.0. The predicted molar refractivity (Wildman–Crippen MR) is 113 cm³/mol. The first kappa shape index (κ1) is 20.4. The standard InChI is InChI=1S/C19H22N6OS.ClH/c1-11-4-12(2)6-13(5-11)18-23-24-19(27-18)22-17(26)16-9-20-8-15(16)14-7-21-25(3)10-14;/h4-7,10,15-16,20H,8-9H2,1-3H3,(H,22,24,26);1H/t15-,16+;/m1./s1. The minimum atomic E-state index is -0.150. The van der Waals surface area contributed by atoms with Gasteiger partial charge in [-0.3, -0.25) is 9.48 Å². The highest BCUT2D eigenvalue weighted by Crippen LogP contribution is 2.31. The van der Waals surface area contributed by atoms with Crippen molar-refractivity contribution >= 4 is 34.8 Å². The van der Waals surface area contributed by atoms with E-state index in [0.29, 0.717) is 11.7 Å². The fraction of sp³-hybridized carbons (Fsp3) is 0.368. The third-order valence-corrected chi connectivity index (χ3v) is 5.72. The fourth-order valence-electron chi connectivity index (χ4n) is 3.62. The molecule has 148 valence electrons. The van der Waals surface area contributed by atoms with Gasteiger partial charge in [0, 0.05) is 37.8 Å². The molecule has 0 saturated carbocycles. The Bertz CT molecular complexity index is 964. The van der Waals surface area contributed by atoms with E-state index in [-0.39, 0.29) is 30.2 Å². The van der Waals surface area contributed by atoms with Crippen LogP contribution in [0.5, 0.6) is 0 Å². The van der Waals surface area contributed by atoms with Crippen molar-refractivity contribution in [2.45, 2.75) is 19.8 Å². The summed E-state index contributed by atoms with van der Waals surface area (Å²) in [6.45, 7) is 5.54. The van der Waals surface area contributed by atoms with Crippen LogP contribution < -0.4 is 10.6 Å². The Morgan fingerprint density at radius 3 is 2.64 bits per heavy atom. The first-order chi connectivity index (χ1) is 13.0. The molecule has 28 heavy (non-hydrogen) atoms. The number of carbonyl (C=O) groups excluding carboxylic acids is 1. The summed E-state index contributed by atoms with van der Waals surface area (Å²) >= 11 is 1.40. The number of aryl methyl sites for hydroxylation is 3. The zero-order valence-corrected chi connectivity index (χ0v) is 17.6. The van der Waals surface area contributed by atoms with Crippen LogP contribution in [0.3, 0.4) is 0 Å². The van der Waals surface area contributed by atoms with Crippen LogP contribution in [0, 0.1) is 19.8 Å². The molecule has 1 aliphatic heterocycles. The number of carbonyl (C=O) groups is 1. The lowest BCUT2D eigenvalue weighted by molar-refractivity contribution is -0.119. The van der Waals surface area contributed by atoms with Gasteiger partial charge < -0.3 is 10.6 Å². The number of rotatable bonds is 4. The van der Waals surface area contributed by atoms with Gasteiger partial charge in [-0.15, -0.1) is 22.6 Å². The summed E-state index contributed by atoms with van der Waals surface area (Å²) in [5, 5.41) is 20.2. The molecule has 7 nitrogen and oxygen atoms in total. The van der Waals surface area contributed by atoms with Crippen LogP contribution >= 0.6 is 23.7 Å². The molecule has 1 amide bonds. The maximum atomic E-state index is 12.8. The van der Waals surface area contributed by atoms with Crippen LogP contribution in [-0.2, 0) is 11.8 Å².